The number of nitrogens with zero attached hydrogens (tertiary/aromatic N) is 1. The van der Waals surface area contributed by atoms with Gasteiger partial charge in [0, 0.05) is 10.5 Å². The fraction of sp³-hybridized carbons (Fsp3) is 0.400. The van der Waals surface area contributed by atoms with Gasteiger partial charge in [0.2, 0.25) is 0 Å². The maximum atomic E-state index is 11.8. The third-order valence-electron chi connectivity index (χ3n) is 2.88. The van der Waals surface area contributed by atoms with Crippen LogP contribution in [0.3, 0.4) is 0 Å². The fourth-order valence-electron chi connectivity index (χ4n) is 1.88. The predicted octanol–water partition coefficient (Wildman–Crippen LogP) is 4.12. The number of hydrogen-bond donors (Lipinski definition) is 1. The van der Waals surface area contributed by atoms with Gasteiger partial charge in [0.15, 0.2) is 0 Å². The van der Waals surface area contributed by atoms with Crippen molar-refractivity contribution in [3.63, 3.8) is 0 Å². The smallest absolute Gasteiger partial charge is 0.412 e. The van der Waals surface area contributed by atoms with Crippen LogP contribution in [-0.2, 0) is 9.47 Å². The van der Waals surface area contributed by atoms with E-state index in [1.807, 2.05) is 6.08 Å². The largest absolute Gasteiger partial charge is 0.444 e. The van der Waals surface area contributed by atoms with Crippen LogP contribution in [0.25, 0.3) is 6.08 Å². The molecule has 1 aromatic rings. The number of nitro benzene ring substituents is 1. The van der Waals surface area contributed by atoms with E-state index >= 15 is 0 Å². The summed E-state index contributed by atoms with van der Waals surface area (Å²) in [5, 5.41) is 13.7. The quantitative estimate of drug-likeness (QED) is 0.625. The average Bonchev–Trinajstić information content (AvgIpc) is 2.32. The van der Waals surface area contributed by atoms with Crippen LogP contribution in [0.1, 0.15) is 26.3 Å². The second-order valence-electron chi connectivity index (χ2n) is 6.07. The van der Waals surface area contributed by atoms with Gasteiger partial charge in [-0.1, -0.05) is 15.9 Å². The van der Waals surface area contributed by atoms with Crippen molar-refractivity contribution in [2.24, 2.45) is 0 Å². The summed E-state index contributed by atoms with van der Waals surface area (Å²) in [7, 11) is 0. The van der Waals surface area contributed by atoms with Crippen molar-refractivity contribution in [2.45, 2.75) is 26.4 Å². The number of amides is 1. The van der Waals surface area contributed by atoms with Gasteiger partial charge in [-0.15, -0.1) is 0 Å². The molecule has 0 unspecified atom stereocenters. The molecule has 1 saturated heterocycles. The van der Waals surface area contributed by atoms with Gasteiger partial charge in [-0.05, 0) is 44.1 Å². The highest BCUT2D eigenvalue weighted by Crippen LogP contribution is 2.33. The standard InChI is InChI=1S/C15H17BrN2O5/c1-15(2,3)23-14(19)17-12-6-11(16)10(4-9-7-22-8-9)5-13(12)18(20)21/h4-6H,7-8H2,1-3H3,(H,17,19). The summed E-state index contributed by atoms with van der Waals surface area (Å²) in [4.78, 5) is 22.6. The van der Waals surface area contributed by atoms with Gasteiger partial charge in [-0.25, -0.2) is 4.79 Å². The van der Waals surface area contributed by atoms with Gasteiger partial charge >= 0.3 is 6.09 Å². The molecule has 7 nitrogen and oxygen atoms in total. The molecule has 124 valence electrons. The molecule has 1 heterocycles. The monoisotopic (exact) mass is 384 g/mol. The Balaban J connectivity index is 2.30. The summed E-state index contributed by atoms with van der Waals surface area (Å²) in [6.45, 7) is 6.20. The van der Waals surface area contributed by atoms with Crippen molar-refractivity contribution in [3.8, 4) is 0 Å². The molecule has 0 aliphatic carbocycles. The van der Waals surface area contributed by atoms with Crippen molar-refractivity contribution in [1.82, 2.24) is 0 Å². The molecule has 0 spiro atoms. The van der Waals surface area contributed by atoms with E-state index in [1.54, 1.807) is 20.8 Å². The Labute approximate surface area is 141 Å². The molecule has 1 aliphatic heterocycles. The highest BCUT2D eigenvalue weighted by atomic mass is 79.9. The molecule has 1 N–H and O–H groups in total. The van der Waals surface area contributed by atoms with Crippen molar-refractivity contribution >= 4 is 39.5 Å². The summed E-state index contributed by atoms with van der Waals surface area (Å²) in [5.74, 6) is 0. The number of hydrogen-bond acceptors (Lipinski definition) is 5. The molecule has 0 saturated carbocycles. The first-order valence-electron chi connectivity index (χ1n) is 6.91. The number of nitrogens with one attached hydrogen (secondary N) is 1. The molecule has 1 aromatic carbocycles. The highest BCUT2D eigenvalue weighted by molar-refractivity contribution is 9.10. The van der Waals surface area contributed by atoms with Crippen LogP contribution >= 0.6 is 15.9 Å². The predicted molar refractivity (Wildman–Crippen MR) is 89.4 cm³/mol. The topological polar surface area (TPSA) is 90.7 Å². The van der Waals surface area contributed by atoms with Crippen LogP contribution in [0, 0.1) is 10.1 Å². The summed E-state index contributed by atoms with van der Waals surface area (Å²) in [5.41, 5.74) is 0.886. The molecule has 23 heavy (non-hydrogen) atoms. The van der Waals surface area contributed by atoms with E-state index in [9.17, 15) is 14.9 Å². The molecule has 0 radical (unpaired) electrons. The second-order valence-corrected chi connectivity index (χ2v) is 6.92. The third-order valence-corrected chi connectivity index (χ3v) is 3.57. The number of anilines is 1. The lowest BCUT2D eigenvalue weighted by atomic mass is 10.1. The Morgan fingerprint density at radius 2 is 2.09 bits per heavy atom. The van der Waals surface area contributed by atoms with Crippen molar-refractivity contribution in [3.05, 3.63) is 37.9 Å². The zero-order valence-electron chi connectivity index (χ0n) is 13.0. The molecule has 0 atom stereocenters. The molecule has 2 rings (SSSR count). The molecule has 8 heteroatoms. The van der Waals surface area contributed by atoms with Gasteiger partial charge in [-0.3, -0.25) is 15.4 Å². The lowest BCUT2D eigenvalue weighted by molar-refractivity contribution is -0.384. The van der Waals surface area contributed by atoms with E-state index < -0.39 is 16.6 Å². The minimum absolute atomic E-state index is 0.0723. The lowest BCUT2D eigenvalue weighted by Crippen LogP contribution is -2.27. The van der Waals surface area contributed by atoms with Crippen molar-refractivity contribution in [2.75, 3.05) is 18.5 Å². The SMILES string of the molecule is CC(C)(C)OC(=O)Nc1cc(Br)c(C=C2COC2)cc1[N+](=O)[O-]. The summed E-state index contributed by atoms with van der Waals surface area (Å²) in [6.07, 6.45) is 1.09. The molecule has 1 amide bonds. The van der Waals surface area contributed by atoms with E-state index in [0.29, 0.717) is 23.2 Å². The number of nitro groups is 1. The number of benzene rings is 1. The minimum atomic E-state index is -0.744. The number of ether oxygens (including phenoxy) is 2. The Hall–Kier alpha value is -1.93. The number of carbonyl (C=O) groups is 1. The van der Waals surface area contributed by atoms with Crippen LogP contribution in [0.5, 0.6) is 0 Å². The van der Waals surface area contributed by atoms with E-state index in [0.717, 1.165) is 5.57 Å². The first-order valence-corrected chi connectivity index (χ1v) is 7.70. The Morgan fingerprint density at radius 1 is 1.43 bits per heavy atom. The van der Waals surface area contributed by atoms with Crippen LogP contribution in [0.4, 0.5) is 16.2 Å². The lowest BCUT2D eigenvalue weighted by Gasteiger charge is -2.20. The maximum absolute atomic E-state index is 11.8. The Bertz CT molecular complexity index is 673. The van der Waals surface area contributed by atoms with Gasteiger partial charge in [0.25, 0.3) is 5.69 Å². The van der Waals surface area contributed by atoms with Crippen molar-refractivity contribution in [1.29, 1.82) is 0 Å². The molecular formula is C15H17BrN2O5. The van der Waals surface area contributed by atoms with Gasteiger partial charge in [-0.2, -0.15) is 0 Å². The summed E-state index contributed by atoms with van der Waals surface area (Å²) < 4.78 is 10.8. The van der Waals surface area contributed by atoms with Gasteiger partial charge in [0.1, 0.15) is 11.3 Å². The van der Waals surface area contributed by atoms with Gasteiger partial charge < -0.3 is 9.47 Å². The van der Waals surface area contributed by atoms with Crippen LogP contribution in [0.15, 0.2) is 22.2 Å². The molecular weight excluding hydrogens is 368 g/mol. The summed E-state index contributed by atoms with van der Waals surface area (Å²) in [6, 6.07) is 2.90. The van der Waals surface area contributed by atoms with E-state index in [-0.39, 0.29) is 11.4 Å². The first-order chi connectivity index (χ1) is 10.7. The zero-order valence-corrected chi connectivity index (χ0v) is 14.6. The minimum Gasteiger partial charge on any atom is -0.444 e. The first kappa shape index (κ1) is 17.4. The number of halogens is 1. The summed E-state index contributed by atoms with van der Waals surface area (Å²) >= 11 is 3.36. The Morgan fingerprint density at radius 3 is 2.57 bits per heavy atom. The highest BCUT2D eigenvalue weighted by Gasteiger charge is 2.22. The molecule has 1 aliphatic rings. The van der Waals surface area contributed by atoms with Crippen LogP contribution < -0.4 is 5.32 Å². The second kappa shape index (κ2) is 6.67. The zero-order chi connectivity index (χ0) is 17.2. The normalized spacial score (nSPS) is 14.0. The number of rotatable bonds is 3. The van der Waals surface area contributed by atoms with Crippen LogP contribution in [0.2, 0.25) is 0 Å². The van der Waals surface area contributed by atoms with Gasteiger partial charge in [0.05, 0.1) is 18.1 Å². The molecule has 1 fully saturated rings. The molecule has 0 bridgehead atoms. The fourth-order valence-corrected chi connectivity index (χ4v) is 2.33. The maximum Gasteiger partial charge on any atom is 0.412 e. The average molecular weight is 385 g/mol. The van der Waals surface area contributed by atoms with E-state index in [1.165, 1.54) is 12.1 Å². The van der Waals surface area contributed by atoms with E-state index in [2.05, 4.69) is 21.2 Å². The van der Waals surface area contributed by atoms with Crippen LogP contribution in [-0.4, -0.2) is 29.8 Å². The third kappa shape index (κ3) is 4.77. The van der Waals surface area contributed by atoms with Crippen molar-refractivity contribution < 1.29 is 19.2 Å². The molecule has 0 aromatic heterocycles. The number of carbonyl (C=O) groups excluding carboxylic acids is 1. The Kier molecular flexibility index (Phi) is 5.06. The van der Waals surface area contributed by atoms with E-state index in [4.69, 9.17) is 9.47 Å².